The molecule has 0 N–H and O–H groups in total. The minimum Gasteiger partial charge on any atom is -0.418 e. The third kappa shape index (κ3) is 15.2. The van der Waals surface area contributed by atoms with Crippen molar-refractivity contribution in [2.24, 2.45) is 0 Å². The summed E-state index contributed by atoms with van der Waals surface area (Å²) in [4.78, 5) is 5.45. The zero-order chi connectivity index (χ0) is 26.3. The summed E-state index contributed by atoms with van der Waals surface area (Å²) < 4.78 is 85.9. The summed E-state index contributed by atoms with van der Waals surface area (Å²) in [5, 5.41) is 0. The first-order valence-electron chi connectivity index (χ1n) is 10.00. The molecule has 0 saturated heterocycles. The Kier molecular flexibility index (Phi) is 10.9. The molecule has 13 heteroatoms. The van der Waals surface area contributed by atoms with Crippen molar-refractivity contribution >= 4 is 14.5 Å². The Bertz CT molecular complexity index is 803. The predicted octanol–water partition coefficient (Wildman–Crippen LogP) is 7.16. The highest BCUT2D eigenvalue weighted by atomic mass is 19.5. The van der Waals surface area contributed by atoms with Crippen molar-refractivity contribution in [3.05, 3.63) is 48.2 Å². The number of rotatable bonds is 3. The summed E-state index contributed by atoms with van der Waals surface area (Å²) in [6.07, 6.45) is 3.88. The smallest absolute Gasteiger partial charge is 0.418 e. The number of hydrogen-bond donors (Lipinski definition) is 0. The molecule has 0 amide bonds. The van der Waals surface area contributed by atoms with E-state index < -0.39 is 14.5 Å². The minimum atomic E-state index is -6.00. The van der Waals surface area contributed by atoms with E-state index in [2.05, 4.69) is 65.8 Å². The summed E-state index contributed by atoms with van der Waals surface area (Å²) in [5.41, 5.74) is 2.27. The molecule has 0 bridgehead atoms. The van der Waals surface area contributed by atoms with Crippen LogP contribution in [0.1, 0.15) is 60.0 Å². The third-order valence-electron chi connectivity index (χ3n) is 3.69. The van der Waals surface area contributed by atoms with Gasteiger partial charge in [-0.3, -0.25) is 4.84 Å². The van der Waals surface area contributed by atoms with Gasteiger partial charge in [0.25, 0.3) is 0 Å². The zero-order valence-electron chi connectivity index (χ0n) is 19.6. The molecule has 0 unspecified atom stereocenters. The average Bonchev–Trinajstić information content (AvgIpc) is 2.58. The van der Waals surface area contributed by atoms with Gasteiger partial charge in [0, 0.05) is 34.6 Å². The van der Waals surface area contributed by atoms with Gasteiger partial charge in [0.1, 0.15) is 0 Å². The minimum absolute atomic E-state index is 0.0317. The Labute approximate surface area is 188 Å². The quantitative estimate of drug-likeness (QED) is 0.198. The fourth-order valence-electron chi connectivity index (χ4n) is 2.25. The van der Waals surface area contributed by atoms with Crippen LogP contribution in [0.25, 0.3) is 11.1 Å². The van der Waals surface area contributed by atoms with Gasteiger partial charge in [-0.15, -0.1) is 0 Å². The molecule has 0 saturated carbocycles. The lowest BCUT2D eigenvalue weighted by Gasteiger charge is -2.15. The molecule has 0 aliphatic rings. The Morgan fingerprint density at radius 1 is 0.727 bits per heavy atom. The molecule has 0 atom stereocenters. The molecule has 0 aliphatic carbocycles. The standard InChI is InChI=1S/C20H29NO2.2BF4/c1-8-22-21-11-9-15(10-12-21)16-13-17(19(2,3)4)23-18(14-16)20(5,6)7;2*2-1(3,4)5/h9-14H,8H2,1-7H3;;/q+2;2*-1. The van der Waals surface area contributed by atoms with E-state index in [1.807, 2.05) is 19.3 Å². The lowest BCUT2D eigenvalue weighted by Crippen LogP contribution is -2.41. The van der Waals surface area contributed by atoms with Crippen molar-refractivity contribution in [2.45, 2.75) is 59.3 Å². The summed E-state index contributed by atoms with van der Waals surface area (Å²) in [6, 6.07) is 8.44. The van der Waals surface area contributed by atoms with Crippen molar-refractivity contribution < 1.29 is 48.5 Å². The first-order chi connectivity index (χ1) is 14.6. The van der Waals surface area contributed by atoms with Crippen molar-refractivity contribution in [3.63, 3.8) is 0 Å². The first-order valence-corrected chi connectivity index (χ1v) is 10.00. The van der Waals surface area contributed by atoms with Crippen molar-refractivity contribution in [2.75, 3.05) is 6.61 Å². The molecule has 0 spiro atoms. The molecule has 0 aromatic carbocycles. The van der Waals surface area contributed by atoms with Crippen LogP contribution in [-0.4, -0.2) is 21.1 Å². The monoisotopic (exact) mass is 489 g/mol. The van der Waals surface area contributed by atoms with Crippen LogP contribution in [0.3, 0.4) is 0 Å². The highest BCUT2D eigenvalue weighted by molar-refractivity contribution is 6.50. The number of pyridine rings is 1. The van der Waals surface area contributed by atoms with Gasteiger partial charge in [-0.1, -0.05) is 0 Å². The van der Waals surface area contributed by atoms with Gasteiger partial charge in [0.15, 0.2) is 6.61 Å². The van der Waals surface area contributed by atoms with Gasteiger partial charge in [-0.25, -0.2) is 4.42 Å². The summed E-state index contributed by atoms with van der Waals surface area (Å²) in [6.45, 7) is 15.7. The van der Waals surface area contributed by atoms with E-state index in [-0.39, 0.29) is 10.8 Å². The largest absolute Gasteiger partial charge is 0.673 e. The summed E-state index contributed by atoms with van der Waals surface area (Å²) >= 11 is 0. The van der Waals surface area contributed by atoms with Gasteiger partial charge in [0.2, 0.25) is 12.4 Å². The maximum Gasteiger partial charge on any atom is 0.673 e. The number of aromatic nitrogens is 1. The number of hydrogen-bond acceptors (Lipinski definition) is 1. The van der Waals surface area contributed by atoms with Crippen molar-refractivity contribution in [1.82, 2.24) is 0 Å². The Balaban J connectivity index is 0.000000859. The normalized spacial score (nSPS) is 12.2. The molecule has 2 rings (SSSR count). The van der Waals surface area contributed by atoms with Gasteiger partial charge in [0.05, 0.1) is 10.8 Å². The Morgan fingerprint density at radius 3 is 1.33 bits per heavy atom. The van der Waals surface area contributed by atoms with E-state index in [0.717, 1.165) is 17.1 Å². The maximum absolute atomic E-state index is 9.75. The van der Waals surface area contributed by atoms with Crippen LogP contribution >= 0.6 is 0 Å². The molecule has 2 aromatic rings. The summed E-state index contributed by atoms with van der Waals surface area (Å²) in [5.74, 6) is 2.00. The second-order valence-corrected chi connectivity index (χ2v) is 8.93. The first kappa shape index (κ1) is 30.7. The van der Waals surface area contributed by atoms with Gasteiger partial charge in [-0.2, -0.15) is 0 Å². The van der Waals surface area contributed by atoms with Gasteiger partial charge >= 0.3 is 26.0 Å². The molecule has 2 heterocycles. The van der Waals surface area contributed by atoms with Crippen LogP contribution in [-0.2, 0) is 10.8 Å². The fourth-order valence-corrected chi connectivity index (χ4v) is 2.25. The van der Waals surface area contributed by atoms with E-state index in [1.54, 1.807) is 4.73 Å². The van der Waals surface area contributed by atoms with Crippen LogP contribution in [0.4, 0.5) is 34.5 Å². The predicted molar refractivity (Wildman–Crippen MR) is 114 cm³/mol. The van der Waals surface area contributed by atoms with Crippen LogP contribution < -0.4 is 9.57 Å². The second-order valence-electron chi connectivity index (χ2n) is 8.93. The Morgan fingerprint density at radius 2 is 1.06 bits per heavy atom. The van der Waals surface area contributed by atoms with E-state index in [1.165, 1.54) is 5.56 Å². The molecule has 3 nitrogen and oxygen atoms in total. The molecular weight excluding hydrogens is 460 g/mol. The topological polar surface area (TPSA) is 24.4 Å². The molecule has 2 aromatic heterocycles. The van der Waals surface area contributed by atoms with E-state index in [4.69, 9.17) is 9.25 Å². The average molecular weight is 489 g/mol. The van der Waals surface area contributed by atoms with Crippen LogP contribution in [0.2, 0.25) is 0 Å². The second kappa shape index (κ2) is 11.7. The lowest BCUT2D eigenvalue weighted by atomic mass is 9.88. The molecule has 0 radical (unpaired) electrons. The fraction of sp³-hybridized carbons (Fsp3) is 0.500. The molecule has 0 fully saturated rings. The van der Waals surface area contributed by atoms with Crippen molar-refractivity contribution in [1.29, 1.82) is 0 Å². The highest BCUT2D eigenvalue weighted by Crippen LogP contribution is 2.33. The third-order valence-corrected chi connectivity index (χ3v) is 3.69. The van der Waals surface area contributed by atoms with E-state index in [0.29, 0.717) is 6.61 Å². The van der Waals surface area contributed by atoms with Crippen LogP contribution in [0.5, 0.6) is 0 Å². The lowest BCUT2D eigenvalue weighted by molar-refractivity contribution is -0.890. The Hall–Kier alpha value is -2.33. The van der Waals surface area contributed by atoms with E-state index in [9.17, 15) is 34.5 Å². The van der Waals surface area contributed by atoms with E-state index >= 15 is 0 Å². The van der Waals surface area contributed by atoms with Crippen molar-refractivity contribution in [3.8, 4) is 11.1 Å². The summed E-state index contributed by atoms with van der Waals surface area (Å²) in [7, 11) is -12.0. The van der Waals surface area contributed by atoms with Crippen LogP contribution in [0, 0.1) is 0 Å². The maximum atomic E-state index is 9.75. The molecule has 0 aliphatic heterocycles. The van der Waals surface area contributed by atoms with Gasteiger partial charge in [-0.05, 0) is 54.0 Å². The molecular formula is C20H29B2F8NO2. The molecule has 188 valence electrons. The number of nitrogens with zero attached hydrogens (tertiary/aromatic N) is 1. The SMILES string of the molecule is CCO[n+]1ccc(-c2cc(C(C)(C)C)[o+]c(C(C)(C)C)c2)cc1.F[B-](F)(F)F.F[B-](F)(F)F. The number of halogens is 8. The van der Waals surface area contributed by atoms with Crippen LogP contribution in [0.15, 0.2) is 41.1 Å². The highest BCUT2D eigenvalue weighted by Gasteiger charge is 2.34. The van der Waals surface area contributed by atoms with Gasteiger partial charge < -0.3 is 34.5 Å². The molecule has 33 heavy (non-hydrogen) atoms. The zero-order valence-corrected chi connectivity index (χ0v) is 19.6.